The maximum Gasteiger partial charge on any atom is 0.331 e. The van der Waals surface area contributed by atoms with E-state index in [1.165, 1.54) is 11.6 Å². The molecule has 31 heavy (non-hydrogen) atoms. The molecule has 4 aromatic rings. The lowest BCUT2D eigenvalue weighted by atomic mass is 9.98. The van der Waals surface area contributed by atoms with E-state index in [1.54, 1.807) is 11.5 Å². The van der Waals surface area contributed by atoms with Crippen molar-refractivity contribution in [2.45, 2.75) is 33.2 Å². The molecule has 2 heterocycles. The van der Waals surface area contributed by atoms with E-state index >= 15 is 0 Å². The van der Waals surface area contributed by atoms with Crippen molar-refractivity contribution in [3.05, 3.63) is 86.2 Å². The lowest BCUT2D eigenvalue weighted by Gasteiger charge is -2.16. The summed E-state index contributed by atoms with van der Waals surface area (Å²) in [6, 6.07) is 15.9. The van der Waals surface area contributed by atoms with Gasteiger partial charge in [-0.15, -0.1) is 10.2 Å². The monoisotopic (exact) mass is 416 g/mol. The van der Waals surface area contributed by atoms with Gasteiger partial charge < -0.3 is 0 Å². The first-order valence-electron chi connectivity index (χ1n) is 10.2. The second-order valence-corrected chi connectivity index (χ2v) is 7.53. The summed E-state index contributed by atoms with van der Waals surface area (Å²) in [7, 11) is 1.53. The van der Waals surface area contributed by atoms with Crippen molar-refractivity contribution < 1.29 is 0 Å². The molecule has 8 heteroatoms. The molecule has 0 spiro atoms. The van der Waals surface area contributed by atoms with Gasteiger partial charge in [0.05, 0.1) is 6.54 Å². The third-order valence-electron chi connectivity index (χ3n) is 5.51. The lowest BCUT2D eigenvalue weighted by Crippen LogP contribution is -2.41. The molecule has 0 amide bonds. The minimum atomic E-state index is -0.287. The Bertz CT molecular complexity index is 1320. The Hall–Kier alpha value is -3.81. The predicted molar refractivity (Wildman–Crippen MR) is 119 cm³/mol. The Morgan fingerprint density at radius 3 is 2.35 bits per heavy atom. The molecule has 0 saturated heterocycles. The molecule has 0 aliphatic heterocycles. The minimum Gasteiger partial charge on any atom is -0.293 e. The largest absolute Gasteiger partial charge is 0.331 e. The molecule has 0 saturated carbocycles. The van der Waals surface area contributed by atoms with Crippen LogP contribution in [0.4, 0.5) is 0 Å². The van der Waals surface area contributed by atoms with E-state index in [1.807, 2.05) is 55.5 Å². The van der Waals surface area contributed by atoms with E-state index in [2.05, 4.69) is 20.6 Å². The summed E-state index contributed by atoms with van der Waals surface area (Å²) < 4.78 is 2.90. The number of H-pyrrole nitrogens is 1. The lowest BCUT2D eigenvalue weighted by molar-refractivity contribution is 0.597. The molecular weight excluding hydrogens is 392 g/mol. The van der Waals surface area contributed by atoms with Crippen LogP contribution in [-0.2, 0) is 20.0 Å². The summed E-state index contributed by atoms with van der Waals surface area (Å²) in [5, 5.41) is 14.3. The number of nitrogens with zero attached hydrogens (tertiary/aromatic N) is 5. The van der Waals surface area contributed by atoms with Crippen LogP contribution in [0.3, 0.4) is 0 Å². The maximum absolute atomic E-state index is 12.8. The average Bonchev–Trinajstić information content (AvgIpc) is 3.34. The molecule has 0 aliphatic carbocycles. The summed E-state index contributed by atoms with van der Waals surface area (Å²) in [6.07, 6.45) is 1.55. The van der Waals surface area contributed by atoms with Crippen molar-refractivity contribution in [2.24, 2.45) is 7.05 Å². The van der Waals surface area contributed by atoms with Crippen LogP contribution in [0.15, 0.2) is 58.1 Å². The van der Waals surface area contributed by atoms with Crippen molar-refractivity contribution in [2.75, 3.05) is 0 Å². The van der Waals surface area contributed by atoms with Gasteiger partial charge in [-0.25, -0.2) is 4.79 Å². The summed E-state index contributed by atoms with van der Waals surface area (Å²) in [5.41, 5.74) is 4.82. The van der Waals surface area contributed by atoms with Gasteiger partial charge in [0.15, 0.2) is 0 Å². The maximum atomic E-state index is 12.8. The van der Waals surface area contributed by atoms with Gasteiger partial charge in [-0.05, 0) is 35.2 Å². The van der Waals surface area contributed by atoms with Crippen LogP contribution in [0, 0.1) is 6.92 Å². The Balaban J connectivity index is 1.71. The number of aromatic amines is 1. The zero-order chi connectivity index (χ0) is 22.0. The fraction of sp³-hybridized carbons (Fsp3) is 0.261. The van der Waals surface area contributed by atoms with Crippen LogP contribution in [0.1, 0.15) is 30.2 Å². The average molecular weight is 416 g/mol. The molecule has 0 bridgehead atoms. The van der Waals surface area contributed by atoms with Crippen LogP contribution in [-0.4, -0.2) is 29.8 Å². The molecule has 0 atom stereocenters. The van der Waals surface area contributed by atoms with Crippen molar-refractivity contribution in [1.82, 2.24) is 29.8 Å². The number of benzene rings is 2. The second kappa shape index (κ2) is 8.51. The fourth-order valence-corrected chi connectivity index (χ4v) is 3.86. The zero-order valence-corrected chi connectivity index (χ0v) is 17.8. The van der Waals surface area contributed by atoms with Crippen molar-refractivity contribution in [3.63, 3.8) is 0 Å². The summed E-state index contributed by atoms with van der Waals surface area (Å²) >= 11 is 0. The summed E-state index contributed by atoms with van der Waals surface area (Å²) in [5.74, 6) is 0.538. The number of tetrazole rings is 1. The first-order chi connectivity index (χ1) is 15.0. The first-order valence-corrected chi connectivity index (χ1v) is 10.2. The smallest absolute Gasteiger partial charge is 0.293 e. The van der Waals surface area contributed by atoms with Crippen LogP contribution in [0.2, 0.25) is 0 Å². The predicted octanol–water partition coefficient (Wildman–Crippen LogP) is 2.70. The van der Waals surface area contributed by atoms with Crippen LogP contribution in [0.25, 0.3) is 22.5 Å². The van der Waals surface area contributed by atoms with E-state index in [-0.39, 0.29) is 11.2 Å². The molecular formula is C23H24N6O2. The standard InChI is InChI=1S/C23H24N6O2/c1-4-7-20-15(2)22(30)28(3)23(31)29(20)14-16-10-12-17(13-11-16)18-8-5-6-9-19(18)21-24-26-27-25-21/h5-6,8-13H,4,7,14H2,1-3H3,(H,24,25,26,27). The van der Waals surface area contributed by atoms with Gasteiger partial charge in [-0.1, -0.05) is 61.9 Å². The second-order valence-electron chi connectivity index (χ2n) is 7.53. The van der Waals surface area contributed by atoms with E-state index < -0.39 is 0 Å². The number of nitrogens with one attached hydrogen (secondary N) is 1. The minimum absolute atomic E-state index is 0.224. The Morgan fingerprint density at radius 2 is 1.71 bits per heavy atom. The summed E-state index contributed by atoms with van der Waals surface area (Å²) in [6.45, 7) is 4.25. The highest BCUT2D eigenvalue weighted by molar-refractivity contribution is 5.80. The normalized spacial score (nSPS) is 11.1. The topological polar surface area (TPSA) is 98.5 Å². The van der Waals surface area contributed by atoms with Gasteiger partial charge in [0, 0.05) is 23.9 Å². The molecule has 1 N–H and O–H groups in total. The molecule has 158 valence electrons. The molecule has 0 radical (unpaired) electrons. The molecule has 4 rings (SSSR count). The molecule has 0 unspecified atom stereocenters. The van der Waals surface area contributed by atoms with Gasteiger partial charge in [0.2, 0.25) is 5.82 Å². The van der Waals surface area contributed by atoms with Crippen molar-refractivity contribution >= 4 is 0 Å². The number of rotatable bonds is 6. The highest BCUT2D eigenvalue weighted by atomic mass is 16.2. The fourth-order valence-electron chi connectivity index (χ4n) is 3.86. The quantitative estimate of drug-likeness (QED) is 0.521. The SMILES string of the molecule is CCCc1c(C)c(=O)n(C)c(=O)n1Cc1ccc(-c2ccccc2-c2nn[nH]n2)cc1. The van der Waals surface area contributed by atoms with Crippen LogP contribution in [0.5, 0.6) is 0 Å². The molecule has 0 fully saturated rings. The number of hydrogen-bond donors (Lipinski definition) is 1. The molecule has 2 aromatic carbocycles. The van der Waals surface area contributed by atoms with E-state index in [0.29, 0.717) is 24.4 Å². The zero-order valence-electron chi connectivity index (χ0n) is 17.8. The van der Waals surface area contributed by atoms with Crippen LogP contribution >= 0.6 is 0 Å². The van der Waals surface area contributed by atoms with E-state index in [4.69, 9.17) is 0 Å². The molecule has 8 nitrogen and oxygen atoms in total. The van der Waals surface area contributed by atoms with Gasteiger partial charge in [0.1, 0.15) is 0 Å². The number of aromatic nitrogens is 6. The van der Waals surface area contributed by atoms with Gasteiger partial charge in [-0.2, -0.15) is 5.21 Å². The molecule has 0 aliphatic rings. The Morgan fingerprint density at radius 1 is 1.00 bits per heavy atom. The third kappa shape index (κ3) is 3.84. The molecule has 2 aromatic heterocycles. The first kappa shape index (κ1) is 20.5. The van der Waals surface area contributed by atoms with Gasteiger partial charge >= 0.3 is 5.69 Å². The van der Waals surface area contributed by atoms with Crippen molar-refractivity contribution in [3.8, 4) is 22.5 Å². The number of hydrogen-bond acceptors (Lipinski definition) is 5. The highest BCUT2D eigenvalue weighted by Gasteiger charge is 2.15. The van der Waals surface area contributed by atoms with Crippen LogP contribution < -0.4 is 11.2 Å². The van der Waals surface area contributed by atoms with E-state index in [9.17, 15) is 9.59 Å². The Kier molecular flexibility index (Phi) is 5.62. The van der Waals surface area contributed by atoms with E-state index in [0.717, 1.165) is 34.4 Å². The highest BCUT2D eigenvalue weighted by Crippen LogP contribution is 2.29. The summed E-state index contributed by atoms with van der Waals surface area (Å²) in [4.78, 5) is 25.2. The van der Waals surface area contributed by atoms with Gasteiger partial charge in [-0.3, -0.25) is 13.9 Å². The third-order valence-corrected chi connectivity index (χ3v) is 5.51. The Labute approximate surface area is 179 Å². The van der Waals surface area contributed by atoms with Crippen molar-refractivity contribution in [1.29, 1.82) is 0 Å². The van der Waals surface area contributed by atoms with Gasteiger partial charge in [0.25, 0.3) is 5.56 Å².